The summed E-state index contributed by atoms with van der Waals surface area (Å²) >= 11 is 0. The van der Waals surface area contributed by atoms with Crippen LogP contribution in [0.3, 0.4) is 0 Å². The van der Waals surface area contributed by atoms with Gasteiger partial charge < -0.3 is 19.5 Å². The van der Waals surface area contributed by atoms with Crippen molar-refractivity contribution in [1.29, 1.82) is 0 Å². The Morgan fingerprint density at radius 2 is 1.79 bits per heavy atom. The molecule has 0 atom stereocenters. The van der Waals surface area contributed by atoms with Crippen LogP contribution in [0.4, 0.5) is 11.5 Å². The molecule has 140 valence electrons. The van der Waals surface area contributed by atoms with Gasteiger partial charge in [0.05, 0.1) is 7.11 Å². The van der Waals surface area contributed by atoms with Gasteiger partial charge >= 0.3 is 0 Å². The van der Waals surface area contributed by atoms with Crippen LogP contribution < -0.4 is 19.5 Å². The first-order chi connectivity index (χ1) is 13.8. The molecule has 0 saturated carbocycles. The van der Waals surface area contributed by atoms with Gasteiger partial charge in [0.15, 0.2) is 11.5 Å². The Hall–Kier alpha value is -3.67. The van der Waals surface area contributed by atoms with E-state index >= 15 is 0 Å². The molecule has 0 bridgehead atoms. The van der Waals surface area contributed by atoms with Crippen molar-refractivity contribution in [2.75, 3.05) is 25.6 Å². The van der Waals surface area contributed by atoms with Gasteiger partial charge in [-0.15, -0.1) is 0 Å². The predicted molar refractivity (Wildman–Crippen MR) is 108 cm³/mol. The molecule has 2 aromatic heterocycles. The SMILES string of the molecule is COc1ccc(-c2nc3ccccn3c2Nc2ccc3c(c2)OCCO3)cc1. The van der Waals surface area contributed by atoms with Crippen molar-refractivity contribution in [3.63, 3.8) is 0 Å². The second-order valence-electron chi connectivity index (χ2n) is 6.45. The number of hydrogen-bond donors (Lipinski definition) is 1. The van der Waals surface area contributed by atoms with Crippen LogP contribution in [-0.4, -0.2) is 29.7 Å². The quantitative estimate of drug-likeness (QED) is 0.570. The van der Waals surface area contributed by atoms with Crippen molar-refractivity contribution in [3.05, 3.63) is 66.9 Å². The summed E-state index contributed by atoms with van der Waals surface area (Å²) in [4.78, 5) is 4.83. The van der Waals surface area contributed by atoms with Crippen molar-refractivity contribution in [2.24, 2.45) is 0 Å². The summed E-state index contributed by atoms with van der Waals surface area (Å²) in [6, 6.07) is 19.7. The average Bonchev–Trinajstić information content (AvgIpc) is 3.12. The number of imidazole rings is 1. The zero-order valence-corrected chi connectivity index (χ0v) is 15.4. The zero-order valence-electron chi connectivity index (χ0n) is 15.4. The lowest BCUT2D eigenvalue weighted by Crippen LogP contribution is -2.15. The highest BCUT2D eigenvalue weighted by atomic mass is 16.6. The molecule has 5 rings (SSSR count). The first-order valence-electron chi connectivity index (χ1n) is 9.10. The highest BCUT2D eigenvalue weighted by molar-refractivity contribution is 5.80. The van der Waals surface area contributed by atoms with Crippen LogP contribution >= 0.6 is 0 Å². The molecule has 0 radical (unpaired) electrons. The number of pyridine rings is 1. The van der Waals surface area contributed by atoms with E-state index in [0.29, 0.717) is 13.2 Å². The molecule has 0 amide bonds. The number of fused-ring (bicyclic) bond motifs is 2. The van der Waals surface area contributed by atoms with Crippen LogP contribution in [0.5, 0.6) is 17.2 Å². The van der Waals surface area contributed by atoms with E-state index in [1.807, 2.05) is 71.3 Å². The molecule has 0 saturated heterocycles. The number of hydrogen-bond acceptors (Lipinski definition) is 5. The Bertz CT molecular complexity index is 1140. The third-order valence-electron chi connectivity index (χ3n) is 4.70. The number of aromatic nitrogens is 2. The van der Waals surface area contributed by atoms with Crippen LogP contribution in [0.25, 0.3) is 16.9 Å². The standard InChI is InChI=1S/C22H19N3O3/c1-26-17-8-5-15(6-9-17)21-22(25-11-3-2-4-20(25)24-21)23-16-7-10-18-19(14-16)28-13-12-27-18/h2-11,14,23H,12-13H2,1H3. The van der Waals surface area contributed by atoms with Crippen molar-refractivity contribution in [3.8, 4) is 28.5 Å². The molecule has 1 aliphatic heterocycles. The Balaban J connectivity index is 1.59. The van der Waals surface area contributed by atoms with Gasteiger partial charge in [0.2, 0.25) is 0 Å². The summed E-state index contributed by atoms with van der Waals surface area (Å²) in [5.74, 6) is 3.22. The lowest BCUT2D eigenvalue weighted by molar-refractivity contribution is 0.171. The van der Waals surface area contributed by atoms with Crippen molar-refractivity contribution in [1.82, 2.24) is 9.38 Å². The molecule has 2 aromatic carbocycles. The maximum atomic E-state index is 5.71. The second kappa shape index (κ2) is 6.81. The summed E-state index contributed by atoms with van der Waals surface area (Å²) < 4.78 is 18.6. The first-order valence-corrected chi connectivity index (χ1v) is 9.10. The van der Waals surface area contributed by atoms with E-state index in [4.69, 9.17) is 19.2 Å². The van der Waals surface area contributed by atoms with Crippen LogP contribution in [0.1, 0.15) is 0 Å². The summed E-state index contributed by atoms with van der Waals surface area (Å²) in [6.07, 6.45) is 2.00. The first kappa shape index (κ1) is 16.5. The summed E-state index contributed by atoms with van der Waals surface area (Å²) in [5, 5.41) is 3.51. The number of methoxy groups -OCH3 is 1. The molecule has 0 spiro atoms. The molecule has 3 heterocycles. The maximum absolute atomic E-state index is 5.71. The van der Waals surface area contributed by atoms with Crippen LogP contribution in [0, 0.1) is 0 Å². The molecule has 1 N–H and O–H groups in total. The molecule has 6 nitrogen and oxygen atoms in total. The lowest BCUT2D eigenvalue weighted by Gasteiger charge is -2.19. The average molecular weight is 373 g/mol. The predicted octanol–water partition coefficient (Wildman–Crippen LogP) is 4.52. The fraction of sp³-hybridized carbons (Fsp3) is 0.136. The summed E-state index contributed by atoms with van der Waals surface area (Å²) in [6.45, 7) is 1.14. The third-order valence-corrected chi connectivity index (χ3v) is 4.70. The smallest absolute Gasteiger partial charge is 0.163 e. The highest BCUT2D eigenvalue weighted by Gasteiger charge is 2.16. The van der Waals surface area contributed by atoms with Gasteiger partial charge in [-0.2, -0.15) is 0 Å². The van der Waals surface area contributed by atoms with Crippen LogP contribution in [-0.2, 0) is 0 Å². The fourth-order valence-corrected chi connectivity index (χ4v) is 3.32. The largest absolute Gasteiger partial charge is 0.497 e. The summed E-state index contributed by atoms with van der Waals surface area (Å²) in [5.41, 5.74) is 3.64. The van der Waals surface area contributed by atoms with Gasteiger partial charge in [-0.05, 0) is 48.5 Å². The van der Waals surface area contributed by atoms with Gasteiger partial charge in [0, 0.05) is 23.5 Å². The second-order valence-corrected chi connectivity index (χ2v) is 6.45. The molecule has 0 fully saturated rings. The monoisotopic (exact) mass is 373 g/mol. The Kier molecular flexibility index (Phi) is 4.01. The van der Waals surface area contributed by atoms with Gasteiger partial charge in [0.1, 0.15) is 36.1 Å². The normalized spacial score (nSPS) is 12.8. The van der Waals surface area contributed by atoms with E-state index in [1.54, 1.807) is 7.11 Å². The minimum absolute atomic E-state index is 0.559. The molecule has 0 aliphatic carbocycles. The third kappa shape index (κ3) is 2.89. The molecular weight excluding hydrogens is 354 g/mol. The molecule has 6 heteroatoms. The topological polar surface area (TPSA) is 57.0 Å². The highest BCUT2D eigenvalue weighted by Crippen LogP contribution is 2.36. The number of nitrogens with zero attached hydrogens (tertiary/aromatic N) is 2. The van der Waals surface area contributed by atoms with Crippen LogP contribution in [0.2, 0.25) is 0 Å². The molecule has 28 heavy (non-hydrogen) atoms. The zero-order chi connectivity index (χ0) is 18.9. The minimum atomic E-state index is 0.559. The molecule has 1 aliphatic rings. The van der Waals surface area contributed by atoms with Gasteiger partial charge in [-0.25, -0.2) is 4.98 Å². The van der Waals surface area contributed by atoms with Gasteiger partial charge in [-0.3, -0.25) is 4.40 Å². The van der Waals surface area contributed by atoms with Crippen molar-refractivity contribution in [2.45, 2.75) is 0 Å². The fourth-order valence-electron chi connectivity index (χ4n) is 3.32. The molecule has 0 unspecified atom stereocenters. The molecule has 4 aromatic rings. The van der Waals surface area contributed by atoms with E-state index in [0.717, 1.165) is 45.7 Å². The number of ether oxygens (including phenoxy) is 3. The molecular formula is C22H19N3O3. The van der Waals surface area contributed by atoms with E-state index < -0.39 is 0 Å². The minimum Gasteiger partial charge on any atom is -0.497 e. The van der Waals surface area contributed by atoms with Gasteiger partial charge in [-0.1, -0.05) is 6.07 Å². The Labute approximate surface area is 162 Å². The number of benzene rings is 2. The van der Waals surface area contributed by atoms with Crippen molar-refractivity contribution >= 4 is 17.2 Å². The van der Waals surface area contributed by atoms with E-state index in [2.05, 4.69) is 5.32 Å². The van der Waals surface area contributed by atoms with E-state index in [1.165, 1.54) is 0 Å². The van der Waals surface area contributed by atoms with Crippen molar-refractivity contribution < 1.29 is 14.2 Å². The number of nitrogens with one attached hydrogen (secondary N) is 1. The maximum Gasteiger partial charge on any atom is 0.163 e. The van der Waals surface area contributed by atoms with Gasteiger partial charge in [0.25, 0.3) is 0 Å². The Morgan fingerprint density at radius 1 is 0.964 bits per heavy atom. The number of anilines is 2. The van der Waals surface area contributed by atoms with E-state index in [-0.39, 0.29) is 0 Å². The number of rotatable bonds is 4. The summed E-state index contributed by atoms with van der Waals surface area (Å²) in [7, 11) is 1.66. The Morgan fingerprint density at radius 3 is 2.61 bits per heavy atom. The van der Waals surface area contributed by atoms with Crippen LogP contribution in [0.15, 0.2) is 66.9 Å². The lowest BCUT2D eigenvalue weighted by atomic mass is 10.1. The van der Waals surface area contributed by atoms with E-state index in [9.17, 15) is 0 Å².